The molecule has 3 nitrogen and oxygen atoms in total. The van der Waals surface area contributed by atoms with E-state index in [1.165, 1.54) is 6.07 Å². The fraction of sp³-hybridized carbons (Fsp3) is 0.250. The van der Waals surface area contributed by atoms with E-state index in [0.29, 0.717) is 17.7 Å². The first kappa shape index (κ1) is 15.5. The van der Waals surface area contributed by atoms with Crippen molar-refractivity contribution in [3.63, 3.8) is 0 Å². The van der Waals surface area contributed by atoms with Gasteiger partial charge in [0.05, 0.1) is 0 Å². The van der Waals surface area contributed by atoms with Crippen LogP contribution in [0.5, 0.6) is 0 Å². The lowest BCUT2D eigenvalue weighted by Gasteiger charge is -2.17. The SMILES string of the molecule is CN(CCc1ccccn1)Cc1cc(C(N)=S)ccc1F. The summed E-state index contributed by atoms with van der Waals surface area (Å²) in [5.41, 5.74) is 7.91. The molecule has 0 radical (unpaired) electrons. The van der Waals surface area contributed by atoms with E-state index in [-0.39, 0.29) is 10.8 Å². The van der Waals surface area contributed by atoms with Gasteiger partial charge in [-0.05, 0) is 37.4 Å². The molecular weight excluding hydrogens is 285 g/mol. The van der Waals surface area contributed by atoms with Crippen LogP contribution >= 0.6 is 12.2 Å². The molecule has 2 aromatic rings. The standard InChI is InChI=1S/C16H18FN3S/c1-20(9-7-14-4-2-3-8-19-14)11-13-10-12(16(18)21)5-6-15(13)17/h2-6,8,10H,7,9,11H2,1H3,(H2,18,21). The van der Waals surface area contributed by atoms with Gasteiger partial charge in [-0.15, -0.1) is 0 Å². The van der Waals surface area contributed by atoms with Crippen molar-refractivity contribution in [3.8, 4) is 0 Å². The van der Waals surface area contributed by atoms with Crippen LogP contribution in [0, 0.1) is 5.82 Å². The molecule has 0 aliphatic heterocycles. The molecule has 0 spiro atoms. The second kappa shape index (κ2) is 7.24. The van der Waals surface area contributed by atoms with E-state index in [1.54, 1.807) is 18.3 Å². The molecule has 1 heterocycles. The summed E-state index contributed by atoms with van der Waals surface area (Å²) in [6.07, 6.45) is 2.61. The lowest BCUT2D eigenvalue weighted by molar-refractivity contribution is 0.324. The van der Waals surface area contributed by atoms with Crippen molar-refractivity contribution in [1.82, 2.24) is 9.88 Å². The van der Waals surface area contributed by atoms with Crippen molar-refractivity contribution in [2.24, 2.45) is 5.73 Å². The summed E-state index contributed by atoms with van der Waals surface area (Å²) in [7, 11) is 1.95. The highest BCUT2D eigenvalue weighted by Crippen LogP contribution is 2.13. The van der Waals surface area contributed by atoms with Crippen LogP contribution in [-0.2, 0) is 13.0 Å². The van der Waals surface area contributed by atoms with E-state index in [2.05, 4.69) is 9.88 Å². The number of rotatable bonds is 6. The molecule has 0 atom stereocenters. The number of hydrogen-bond donors (Lipinski definition) is 1. The van der Waals surface area contributed by atoms with E-state index >= 15 is 0 Å². The molecule has 2 N–H and O–H groups in total. The van der Waals surface area contributed by atoms with Crippen LogP contribution in [0.1, 0.15) is 16.8 Å². The summed E-state index contributed by atoms with van der Waals surface area (Å²) in [4.78, 5) is 6.61. The number of halogens is 1. The van der Waals surface area contributed by atoms with Gasteiger partial charge in [-0.1, -0.05) is 18.3 Å². The second-order valence-corrected chi connectivity index (χ2v) is 5.42. The largest absolute Gasteiger partial charge is 0.389 e. The minimum Gasteiger partial charge on any atom is -0.389 e. The van der Waals surface area contributed by atoms with Crippen molar-refractivity contribution >= 4 is 17.2 Å². The molecule has 5 heteroatoms. The van der Waals surface area contributed by atoms with Gasteiger partial charge >= 0.3 is 0 Å². The lowest BCUT2D eigenvalue weighted by Crippen LogP contribution is -2.22. The normalized spacial score (nSPS) is 10.8. The van der Waals surface area contributed by atoms with Gasteiger partial charge in [-0.3, -0.25) is 4.98 Å². The van der Waals surface area contributed by atoms with Crippen LogP contribution in [0.4, 0.5) is 4.39 Å². The number of likely N-dealkylation sites (N-methyl/N-ethyl adjacent to an activating group) is 1. The van der Waals surface area contributed by atoms with Gasteiger partial charge in [0.2, 0.25) is 0 Å². The smallest absolute Gasteiger partial charge is 0.127 e. The Bertz CT molecular complexity index is 616. The maximum Gasteiger partial charge on any atom is 0.127 e. The average molecular weight is 303 g/mol. The zero-order chi connectivity index (χ0) is 15.2. The average Bonchev–Trinajstić information content (AvgIpc) is 2.48. The fourth-order valence-electron chi connectivity index (χ4n) is 2.07. The number of pyridine rings is 1. The molecule has 1 aromatic carbocycles. The highest BCUT2D eigenvalue weighted by atomic mass is 32.1. The Morgan fingerprint density at radius 1 is 1.33 bits per heavy atom. The number of thiocarbonyl (C=S) groups is 1. The van der Waals surface area contributed by atoms with Gasteiger partial charge in [0.25, 0.3) is 0 Å². The van der Waals surface area contributed by atoms with Crippen molar-refractivity contribution in [1.29, 1.82) is 0 Å². The Labute approximate surface area is 129 Å². The monoisotopic (exact) mass is 303 g/mol. The molecule has 0 saturated heterocycles. The third-order valence-electron chi connectivity index (χ3n) is 3.25. The summed E-state index contributed by atoms with van der Waals surface area (Å²) >= 11 is 4.93. The van der Waals surface area contributed by atoms with Gasteiger partial charge < -0.3 is 10.6 Å². The number of hydrogen-bond acceptors (Lipinski definition) is 3. The van der Waals surface area contributed by atoms with E-state index < -0.39 is 0 Å². The summed E-state index contributed by atoms with van der Waals surface area (Å²) in [5, 5.41) is 0. The van der Waals surface area contributed by atoms with E-state index in [9.17, 15) is 4.39 Å². The fourth-order valence-corrected chi connectivity index (χ4v) is 2.20. The summed E-state index contributed by atoms with van der Waals surface area (Å²) in [5.74, 6) is -0.236. The van der Waals surface area contributed by atoms with Crippen molar-refractivity contribution in [3.05, 3.63) is 65.2 Å². The third-order valence-corrected chi connectivity index (χ3v) is 3.48. The van der Waals surface area contributed by atoms with Gasteiger partial charge in [0, 0.05) is 42.5 Å². The van der Waals surface area contributed by atoms with Crippen LogP contribution in [0.2, 0.25) is 0 Å². The predicted molar refractivity (Wildman–Crippen MR) is 86.6 cm³/mol. The number of benzene rings is 1. The molecule has 21 heavy (non-hydrogen) atoms. The zero-order valence-electron chi connectivity index (χ0n) is 11.9. The molecule has 0 fully saturated rings. The van der Waals surface area contributed by atoms with E-state index in [0.717, 1.165) is 18.7 Å². The Morgan fingerprint density at radius 2 is 2.14 bits per heavy atom. The number of nitrogens with zero attached hydrogens (tertiary/aromatic N) is 2. The molecule has 0 unspecified atom stereocenters. The van der Waals surface area contributed by atoms with Crippen LogP contribution < -0.4 is 5.73 Å². The molecule has 1 aromatic heterocycles. The number of nitrogens with two attached hydrogens (primary N) is 1. The Kier molecular flexibility index (Phi) is 5.36. The molecule has 0 amide bonds. The maximum atomic E-state index is 13.8. The minimum atomic E-state index is -0.236. The van der Waals surface area contributed by atoms with Crippen LogP contribution in [-0.4, -0.2) is 28.5 Å². The highest BCUT2D eigenvalue weighted by molar-refractivity contribution is 7.80. The van der Waals surface area contributed by atoms with Crippen LogP contribution in [0.3, 0.4) is 0 Å². The number of aromatic nitrogens is 1. The summed E-state index contributed by atoms with van der Waals surface area (Å²) in [6, 6.07) is 10.6. The van der Waals surface area contributed by atoms with E-state index in [4.69, 9.17) is 18.0 Å². The highest BCUT2D eigenvalue weighted by Gasteiger charge is 2.08. The summed E-state index contributed by atoms with van der Waals surface area (Å²) in [6.45, 7) is 1.31. The second-order valence-electron chi connectivity index (χ2n) is 4.98. The van der Waals surface area contributed by atoms with Gasteiger partial charge in [0.1, 0.15) is 10.8 Å². The molecule has 2 rings (SSSR count). The first-order valence-electron chi connectivity index (χ1n) is 6.73. The van der Waals surface area contributed by atoms with Crippen LogP contribution in [0.15, 0.2) is 42.6 Å². The molecule has 0 bridgehead atoms. The molecule has 0 aliphatic carbocycles. The minimum absolute atomic E-state index is 0.236. The Balaban J connectivity index is 1.97. The molecule has 0 saturated carbocycles. The first-order valence-corrected chi connectivity index (χ1v) is 7.14. The predicted octanol–water partition coefficient (Wildman–Crippen LogP) is 2.53. The van der Waals surface area contributed by atoms with Crippen LogP contribution in [0.25, 0.3) is 0 Å². The molecule has 110 valence electrons. The zero-order valence-corrected chi connectivity index (χ0v) is 12.7. The lowest BCUT2D eigenvalue weighted by atomic mass is 10.1. The van der Waals surface area contributed by atoms with Crippen molar-refractivity contribution in [2.75, 3.05) is 13.6 Å². The topological polar surface area (TPSA) is 42.2 Å². The van der Waals surface area contributed by atoms with Gasteiger partial charge in [-0.25, -0.2) is 4.39 Å². The van der Waals surface area contributed by atoms with Crippen molar-refractivity contribution in [2.45, 2.75) is 13.0 Å². The van der Waals surface area contributed by atoms with E-state index in [1.807, 2.05) is 25.2 Å². The van der Waals surface area contributed by atoms with Gasteiger partial charge in [-0.2, -0.15) is 0 Å². The molecule has 0 aliphatic rings. The summed E-state index contributed by atoms with van der Waals surface area (Å²) < 4.78 is 13.8. The van der Waals surface area contributed by atoms with Gasteiger partial charge in [0.15, 0.2) is 0 Å². The third kappa shape index (κ3) is 4.58. The first-order chi connectivity index (χ1) is 10.1. The van der Waals surface area contributed by atoms with Crippen molar-refractivity contribution < 1.29 is 4.39 Å². The maximum absolute atomic E-state index is 13.8. The molecular formula is C16H18FN3S. The Morgan fingerprint density at radius 3 is 2.81 bits per heavy atom. The quantitative estimate of drug-likeness (QED) is 0.833. The Hall–Kier alpha value is -1.85.